The maximum atomic E-state index is 14.5. The molecule has 0 aliphatic carbocycles. The second-order valence-corrected chi connectivity index (χ2v) is 8.05. The number of benzene rings is 2. The third-order valence-electron chi connectivity index (χ3n) is 5.71. The summed E-state index contributed by atoms with van der Waals surface area (Å²) in [4.78, 5) is 26.9. The number of hydrogen-bond acceptors (Lipinski definition) is 5. The standard InChI is InChI=1S/C24H20F2N6O/c1-31(2)24-30-18-9-12(4-7-19(18)32(24)3)13-8-14-15(11-29-23(14)28-10-13)22(33)20-16(25)5-6-17(27)21(20)26/h4-11H,27H2,1-3H3,(H,28,29). The lowest BCUT2D eigenvalue weighted by Crippen LogP contribution is -2.13. The van der Waals surface area contributed by atoms with Crippen molar-refractivity contribution in [2.45, 2.75) is 0 Å². The van der Waals surface area contributed by atoms with Gasteiger partial charge in [-0.2, -0.15) is 0 Å². The Morgan fingerprint density at radius 3 is 2.67 bits per heavy atom. The number of carbonyl (C=O) groups excluding carboxylic acids is 1. The van der Waals surface area contributed by atoms with Crippen molar-refractivity contribution in [2.75, 3.05) is 24.7 Å². The Balaban J connectivity index is 1.62. The number of nitrogen functional groups attached to an aromatic ring is 1. The summed E-state index contributed by atoms with van der Waals surface area (Å²) in [7, 11) is 5.80. The van der Waals surface area contributed by atoms with E-state index in [2.05, 4.69) is 15.0 Å². The molecule has 0 aliphatic rings. The number of aromatic amines is 1. The predicted molar refractivity (Wildman–Crippen MR) is 124 cm³/mol. The number of carbonyl (C=O) groups is 1. The zero-order chi connectivity index (χ0) is 23.4. The molecule has 0 unspecified atom stereocenters. The third-order valence-corrected chi connectivity index (χ3v) is 5.71. The molecular weight excluding hydrogens is 426 g/mol. The van der Waals surface area contributed by atoms with Gasteiger partial charge in [-0.3, -0.25) is 4.79 Å². The second-order valence-electron chi connectivity index (χ2n) is 8.05. The number of nitrogens with two attached hydrogens (primary N) is 1. The number of nitrogens with zero attached hydrogens (tertiary/aromatic N) is 4. The van der Waals surface area contributed by atoms with Gasteiger partial charge in [0.05, 0.1) is 22.3 Å². The molecule has 33 heavy (non-hydrogen) atoms. The van der Waals surface area contributed by atoms with Gasteiger partial charge >= 0.3 is 0 Å². The molecule has 0 radical (unpaired) electrons. The van der Waals surface area contributed by atoms with Crippen LogP contribution in [0.5, 0.6) is 0 Å². The van der Waals surface area contributed by atoms with E-state index in [0.29, 0.717) is 11.0 Å². The molecule has 2 aromatic carbocycles. The van der Waals surface area contributed by atoms with Crippen LogP contribution in [0.3, 0.4) is 0 Å². The fourth-order valence-corrected chi connectivity index (χ4v) is 4.03. The molecule has 0 saturated heterocycles. The number of pyridine rings is 1. The average Bonchev–Trinajstić information content (AvgIpc) is 3.37. The number of rotatable bonds is 4. The molecule has 3 aromatic heterocycles. The van der Waals surface area contributed by atoms with Crippen LogP contribution in [0, 0.1) is 11.6 Å². The zero-order valence-electron chi connectivity index (χ0n) is 18.1. The Hall–Kier alpha value is -4.27. The summed E-state index contributed by atoms with van der Waals surface area (Å²) in [6.07, 6.45) is 3.07. The Morgan fingerprint density at radius 2 is 1.91 bits per heavy atom. The minimum absolute atomic E-state index is 0.108. The van der Waals surface area contributed by atoms with Gasteiger partial charge in [0, 0.05) is 50.0 Å². The molecule has 0 saturated carbocycles. The molecule has 5 aromatic rings. The molecule has 0 aliphatic heterocycles. The number of hydrogen-bond donors (Lipinski definition) is 2. The summed E-state index contributed by atoms with van der Waals surface area (Å²) in [6.45, 7) is 0. The van der Waals surface area contributed by atoms with E-state index >= 15 is 0 Å². The van der Waals surface area contributed by atoms with Gasteiger partial charge in [0.15, 0.2) is 5.82 Å². The second kappa shape index (κ2) is 7.40. The van der Waals surface area contributed by atoms with Gasteiger partial charge in [-0.15, -0.1) is 0 Å². The fraction of sp³-hybridized carbons (Fsp3) is 0.125. The van der Waals surface area contributed by atoms with Gasteiger partial charge in [0.2, 0.25) is 11.7 Å². The number of aryl methyl sites for hydroxylation is 1. The van der Waals surface area contributed by atoms with E-state index in [4.69, 9.17) is 5.73 Å². The molecular formula is C24H20F2N6O. The van der Waals surface area contributed by atoms with Crippen molar-refractivity contribution in [3.8, 4) is 11.1 Å². The van der Waals surface area contributed by atoms with Crippen molar-refractivity contribution in [1.29, 1.82) is 0 Å². The first kappa shape index (κ1) is 20.6. The van der Waals surface area contributed by atoms with Gasteiger partial charge in [-0.05, 0) is 35.9 Å². The quantitative estimate of drug-likeness (QED) is 0.318. The number of nitrogens with one attached hydrogen (secondary N) is 1. The zero-order valence-corrected chi connectivity index (χ0v) is 18.1. The molecule has 0 amide bonds. The lowest BCUT2D eigenvalue weighted by Gasteiger charge is -2.10. The van der Waals surface area contributed by atoms with Crippen molar-refractivity contribution in [3.05, 3.63) is 71.6 Å². The molecule has 3 heterocycles. The average molecular weight is 446 g/mol. The first-order valence-corrected chi connectivity index (χ1v) is 10.2. The molecule has 0 fully saturated rings. The van der Waals surface area contributed by atoms with E-state index in [-0.39, 0.29) is 11.3 Å². The summed E-state index contributed by atoms with van der Waals surface area (Å²) in [5, 5.41) is 0.453. The highest BCUT2D eigenvalue weighted by Crippen LogP contribution is 2.30. The van der Waals surface area contributed by atoms with Crippen LogP contribution in [-0.4, -0.2) is 39.4 Å². The van der Waals surface area contributed by atoms with Crippen LogP contribution in [0.25, 0.3) is 33.2 Å². The van der Waals surface area contributed by atoms with Crippen LogP contribution < -0.4 is 10.6 Å². The summed E-state index contributed by atoms with van der Waals surface area (Å²) < 4.78 is 30.8. The maximum absolute atomic E-state index is 14.5. The van der Waals surface area contributed by atoms with Crippen molar-refractivity contribution in [2.24, 2.45) is 7.05 Å². The van der Waals surface area contributed by atoms with Gasteiger partial charge in [-0.25, -0.2) is 18.7 Å². The highest BCUT2D eigenvalue weighted by Gasteiger charge is 2.24. The molecule has 5 rings (SSSR count). The molecule has 3 N–H and O–H groups in total. The topological polar surface area (TPSA) is 92.8 Å². The maximum Gasteiger partial charge on any atom is 0.205 e. The Labute approximate surface area is 187 Å². The number of imidazole rings is 1. The van der Waals surface area contributed by atoms with E-state index < -0.39 is 23.0 Å². The Morgan fingerprint density at radius 1 is 1.12 bits per heavy atom. The van der Waals surface area contributed by atoms with E-state index in [1.165, 1.54) is 6.20 Å². The summed E-state index contributed by atoms with van der Waals surface area (Å²) in [6, 6.07) is 9.69. The van der Waals surface area contributed by atoms with E-state index in [0.717, 1.165) is 40.2 Å². The lowest BCUT2D eigenvalue weighted by molar-refractivity contribution is 0.103. The lowest BCUT2D eigenvalue weighted by atomic mass is 9.99. The van der Waals surface area contributed by atoms with Crippen molar-refractivity contribution < 1.29 is 13.6 Å². The van der Waals surface area contributed by atoms with Crippen LogP contribution in [0.15, 0.2) is 48.8 Å². The van der Waals surface area contributed by atoms with Crippen LogP contribution in [-0.2, 0) is 7.05 Å². The van der Waals surface area contributed by atoms with Crippen LogP contribution in [0.1, 0.15) is 15.9 Å². The fourth-order valence-electron chi connectivity index (χ4n) is 4.03. The minimum Gasteiger partial charge on any atom is -0.396 e. The SMILES string of the molecule is CN(C)c1nc2cc(-c3cnc4[nH]cc(C(=O)c5c(F)ccc(N)c5F)c4c3)ccc2n1C. The molecule has 0 spiro atoms. The number of fused-ring (bicyclic) bond motifs is 2. The predicted octanol–water partition coefficient (Wildman–Crippen LogP) is 4.27. The molecule has 0 atom stereocenters. The van der Waals surface area contributed by atoms with Crippen molar-refractivity contribution in [3.63, 3.8) is 0 Å². The summed E-state index contributed by atoms with van der Waals surface area (Å²) >= 11 is 0. The summed E-state index contributed by atoms with van der Waals surface area (Å²) in [5.74, 6) is -2.03. The number of anilines is 2. The van der Waals surface area contributed by atoms with Crippen LogP contribution in [0.4, 0.5) is 20.4 Å². The van der Waals surface area contributed by atoms with Crippen molar-refractivity contribution in [1.82, 2.24) is 19.5 Å². The van der Waals surface area contributed by atoms with Gasteiger partial charge in [0.1, 0.15) is 11.5 Å². The highest BCUT2D eigenvalue weighted by atomic mass is 19.1. The highest BCUT2D eigenvalue weighted by molar-refractivity contribution is 6.16. The summed E-state index contributed by atoms with van der Waals surface area (Å²) in [5.41, 5.74) is 8.48. The number of halogens is 2. The smallest absolute Gasteiger partial charge is 0.205 e. The third kappa shape index (κ3) is 3.20. The van der Waals surface area contributed by atoms with E-state index in [1.54, 1.807) is 12.3 Å². The van der Waals surface area contributed by atoms with Gasteiger partial charge in [-0.1, -0.05) is 6.07 Å². The minimum atomic E-state index is -1.07. The number of aromatic nitrogens is 4. The van der Waals surface area contributed by atoms with Crippen LogP contribution in [0.2, 0.25) is 0 Å². The molecule has 9 heteroatoms. The van der Waals surface area contributed by atoms with Gasteiger partial charge < -0.3 is 20.2 Å². The number of H-pyrrole nitrogens is 1. The first-order chi connectivity index (χ1) is 15.8. The Bertz CT molecular complexity index is 1570. The molecule has 0 bridgehead atoms. The Kier molecular flexibility index (Phi) is 4.63. The normalized spacial score (nSPS) is 11.4. The van der Waals surface area contributed by atoms with Gasteiger partial charge in [0.25, 0.3) is 0 Å². The monoisotopic (exact) mass is 446 g/mol. The molecule has 7 nitrogen and oxygen atoms in total. The van der Waals surface area contributed by atoms with Crippen LogP contribution >= 0.6 is 0 Å². The first-order valence-electron chi connectivity index (χ1n) is 10.2. The van der Waals surface area contributed by atoms with E-state index in [1.807, 2.05) is 48.8 Å². The largest absolute Gasteiger partial charge is 0.396 e. The van der Waals surface area contributed by atoms with E-state index in [9.17, 15) is 13.6 Å². The van der Waals surface area contributed by atoms with Crippen molar-refractivity contribution >= 4 is 39.5 Å². The number of ketones is 1. The molecule has 166 valence electrons.